The molecule has 0 radical (unpaired) electrons. The van der Waals surface area contributed by atoms with Crippen molar-refractivity contribution in [3.05, 3.63) is 29.1 Å². The fraction of sp³-hybridized carbons (Fsp3) is 0.429. The molecular weight excluding hydrogens is 247 g/mol. The van der Waals surface area contributed by atoms with Gasteiger partial charge in [-0.1, -0.05) is 0 Å². The molecule has 2 rings (SSSR count). The molecule has 0 N–H and O–H groups in total. The van der Waals surface area contributed by atoms with Crippen molar-refractivity contribution in [1.29, 1.82) is 0 Å². The number of Topliss-reactive ketones (excluding diaryl/α,β-unsaturated/α-hetero) is 1. The van der Waals surface area contributed by atoms with Crippen molar-refractivity contribution in [2.75, 3.05) is 31.6 Å². The minimum atomic E-state index is -0.394. The van der Waals surface area contributed by atoms with Crippen LogP contribution in [-0.2, 0) is 4.79 Å². The van der Waals surface area contributed by atoms with Crippen LogP contribution in [0.15, 0.2) is 12.1 Å². The van der Waals surface area contributed by atoms with Gasteiger partial charge in [0, 0.05) is 31.4 Å². The van der Waals surface area contributed by atoms with Gasteiger partial charge in [0.25, 0.3) is 0 Å². The average Bonchev–Trinajstić information content (AvgIpc) is 2.35. The van der Waals surface area contributed by atoms with Gasteiger partial charge in [-0.25, -0.2) is 4.39 Å². The first-order valence-corrected chi connectivity index (χ1v) is 6.20. The number of aryl methyl sites for hydroxylation is 1. The van der Waals surface area contributed by atoms with E-state index in [9.17, 15) is 14.0 Å². The summed E-state index contributed by atoms with van der Waals surface area (Å²) in [7, 11) is 1.75. The van der Waals surface area contributed by atoms with Crippen LogP contribution in [0.2, 0.25) is 0 Å². The fourth-order valence-electron chi connectivity index (χ4n) is 2.17. The largest absolute Gasteiger partial charge is 0.360 e. The Morgan fingerprint density at radius 1 is 1.32 bits per heavy atom. The quantitative estimate of drug-likeness (QED) is 0.762. The lowest BCUT2D eigenvalue weighted by atomic mass is 10.0. The second kappa shape index (κ2) is 4.99. The van der Waals surface area contributed by atoms with Crippen LogP contribution in [0.1, 0.15) is 22.8 Å². The summed E-state index contributed by atoms with van der Waals surface area (Å²) in [5.74, 6) is -0.586. The van der Waals surface area contributed by atoms with E-state index in [4.69, 9.17) is 0 Å². The number of amides is 1. The van der Waals surface area contributed by atoms with Crippen LogP contribution in [0.4, 0.5) is 10.1 Å². The number of nitrogens with zero attached hydrogens (tertiary/aromatic N) is 2. The van der Waals surface area contributed by atoms with Gasteiger partial charge in [0.15, 0.2) is 5.78 Å². The van der Waals surface area contributed by atoms with Gasteiger partial charge in [0.05, 0.1) is 6.54 Å². The van der Waals surface area contributed by atoms with Gasteiger partial charge in [-0.05, 0) is 31.5 Å². The number of likely N-dealkylation sites (N-methyl/N-ethyl adjacent to an activating group) is 1. The van der Waals surface area contributed by atoms with E-state index < -0.39 is 5.82 Å². The first kappa shape index (κ1) is 13.5. The van der Waals surface area contributed by atoms with Crippen molar-refractivity contribution in [2.45, 2.75) is 13.8 Å². The zero-order valence-corrected chi connectivity index (χ0v) is 11.4. The van der Waals surface area contributed by atoms with Crippen LogP contribution >= 0.6 is 0 Å². The molecule has 0 aromatic heterocycles. The highest BCUT2D eigenvalue weighted by Gasteiger charge is 2.24. The molecule has 102 valence electrons. The van der Waals surface area contributed by atoms with Crippen LogP contribution in [0.25, 0.3) is 0 Å². The topological polar surface area (TPSA) is 40.6 Å². The van der Waals surface area contributed by atoms with E-state index in [2.05, 4.69) is 0 Å². The molecule has 1 aliphatic heterocycles. The molecule has 0 bridgehead atoms. The molecule has 1 fully saturated rings. The van der Waals surface area contributed by atoms with Gasteiger partial charge in [-0.3, -0.25) is 9.59 Å². The summed E-state index contributed by atoms with van der Waals surface area (Å²) >= 11 is 0. The number of anilines is 1. The molecule has 1 saturated heterocycles. The fourth-order valence-corrected chi connectivity index (χ4v) is 2.17. The Kier molecular flexibility index (Phi) is 3.55. The Morgan fingerprint density at radius 2 is 2.00 bits per heavy atom. The molecular formula is C14H17FN2O2. The average molecular weight is 264 g/mol. The normalized spacial score (nSPS) is 15.9. The first-order valence-electron chi connectivity index (χ1n) is 6.20. The van der Waals surface area contributed by atoms with Crippen molar-refractivity contribution in [2.24, 2.45) is 0 Å². The highest BCUT2D eigenvalue weighted by Crippen LogP contribution is 2.26. The smallest absolute Gasteiger partial charge is 0.241 e. The molecule has 0 atom stereocenters. The lowest BCUT2D eigenvalue weighted by Crippen LogP contribution is -2.49. The monoisotopic (exact) mass is 264 g/mol. The molecule has 0 aliphatic carbocycles. The molecule has 0 spiro atoms. The van der Waals surface area contributed by atoms with Crippen LogP contribution in [0.3, 0.4) is 0 Å². The Bertz CT molecular complexity index is 542. The van der Waals surface area contributed by atoms with Crippen LogP contribution in [-0.4, -0.2) is 43.3 Å². The predicted octanol–water partition coefficient (Wildman–Crippen LogP) is 1.62. The summed E-state index contributed by atoms with van der Waals surface area (Å²) in [6, 6.07) is 2.90. The highest BCUT2D eigenvalue weighted by molar-refractivity contribution is 6.00. The van der Waals surface area contributed by atoms with Gasteiger partial charge >= 0.3 is 0 Å². The van der Waals surface area contributed by atoms with E-state index in [0.717, 1.165) is 0 Å². The van der Waals surface area contributed by atoms with Crippen molar-refractivity contribution < 1.29 is 14.0 Å². The molecule has 0 unspecified atom stereocenters. The Labute approximate surface area is 111 Å². The third kappa shape index (κ3) is 2.59. The number of hydrogen-bond donors (Lipinski definition) is 0. The SMILES string of the molecule is CC(=O)c1cc(F)c(C)cc1N1CCN(C)C(=O)C1. The Morgan fingerprint density at radius 3 is 2.58 bits per heavy atom. The minimum absolute atomic E-state index is 0.00253. The lowest BCUT2D eigenvalue weighted by Gasteiger charge is -2.34. The van der Waals surface area contributed by atoms with Gasteiger partial charge in [-0.2, -0.15) is 0 Å². The van der Waals surface area contributed by atoms with Crippen molar-refractivity contribution in [1.82, 2.24) is 4.90 Å². The zero-order chi connectivity index (χ0) is 14.2. The molecule has 1 aromatic carbocycles. The second-order valence-corrected chi connectivity index (χ2v) is 4.91. The number of benzene rings is 1. The van der Waals surface area contributed by atoms with E-state index in [1.807, 2.05) is 4.90 Å². The number of piperazine rings is 1. The summed E-state index contributed by atoms with van der Waals surface area (Å²) in [5.41, 5.74) is 1.46. The van der Waals surface area contributed by atoms with E-state index in [0.29, 0.717) is 29.9 Å². The summed E-state index contributed by atoms with van der Waals surface area (Å²) in [6.45, 7) is 4.54. The van der Waals surface area contributed by atoms with Gasteiger partial charge in [0.1, 0.15) is 5.82 Å². The molecule has 1 amide bonds. The molecule has 1 aliphatic rings. The minimum Gasteiger partial charge on any atom is -0.360 e. The third-order valence-electron chi connectivity index (χ3n) is 3.45. The summed E-state index contributed by atoms with van der Waals surface area (Å²) in [4.78, 5) is 26.9. The van der Waals surface area contributed by atoms with E-state index in [1.54, 1.807) is 24.9 Å². The predicted molar refractivity (Wildman–Crippen MR) is 71.0 cm³/mol. The maximum atomic E-state index is 13.6. The van der Waals surface area contributed by atoms with Crippen LogP contribution < -0.4 is 4.90 Å². The van der Waals surface area contributed by atoms with E-state index in [-0.39, 0.29) is 18.2 Å². The molecule has 19 heavy (non-hydrogen) atoms. The first-order chi connectivity index (χ1) is 8.90. The number of carbonyl (C=O) groups excluding carboxylic acids is 2. The number of halogens is 1. The molecule has 4 nitrogen and oxygen atoms in total. The summed E-state index contributed by atoms with van der Waals surface area (Å²) < 4.78 is 13.6. The van der Waals surface area contributed by atoms with Crippen molar-refractivity contribution in [3.63, 3.8) is 0 Å². The molecule has 5 heteroatoms. The Hall–Kier alpha value is -1.91. The van der Waals surface area contributed by atoms with E-state index >= 15 is 0 Å². The summed E-state index contributed by atoms with van der Waals surface area (Å²) in [5, 5.41) is 0. The third-order valence-corrected chi connectivity index (χ3v) is 3.45. The standard InChI is InChI=1S/C14H17FN2O2/c1-9-6-13(11(10(2)18)7-12(9)15)17-5-4-16(3)14(19)8-17/h6-7H,4-5,8H2,1-3H3. The molecule has 1 heterocycles. The Balaban J connectivity index is 2.41. The number of carbonyl (C=O) groups is 2. The maximum absolute atomic E-state index is 13.6. The number of ketones is 1. The van der Waals surface area contributed by atoms with Gasteiger partial charge < -0.3 is 9.80 Å². The zero-order valence-electron chi connectivity index (χ0n) is 11.4. The molecule has 0 saturated carbocycles. The highest BCUT2D eigenvalue weighted by atomic mass is 19.1. The van der Waals surface area contributed by atoms with Gasteiger partial charge in [0.2, 0.25) is 5.91 Å². The number of rotatable bonds is 2. The van der Waals surface area contributed by atoms with Gasteiger partial charge in [-0.15, -0.1) is 0 Å². The lowest BCUT2D eigenvalue weighted by molar-refractivity contribution is -0.129. The number of hydrogen-bond acceptors (Lipinski definition) is 3. The van der Waals surface area contributed by atoms with Crippen LogP contribution in [0.5, 0.6) is 0 Å². The van der Waals surface area contributed by atoms with Crippen molar-refractivity contribution in [3.8, 4) is 0 Å². The summed E-state index contributed by atoms with van der Waals surface area (Å²) in [6.07, 6.45) is 0. The van der Waals surface area contributed by atoms with Crippen molar-refractivity contribution >= 4 is 17.4 Å². The van der Waals surface area contributed by atoms with Crippen LogP contribution in [0, 0.1) is 12.7 Å². The molecule has 1 aromatic rings. The second-order valence-electron chi connectivity index (χ2n) is 4.91. The maximum Gasteiger partial charge on any atom is 0.241 e. The van der Waals surface area contributed by atoms with E-state index in [1.165, 1.54) is 13.0 Å².